The molecule has 4 rings (SSSR count). The number of morpholine rings is 1. The molecule has 1 amide bonds. The number of nitrogens with one attached hydrogen (secondary N) is 2. The SMILES string of the molecule is CC(C)[C@H](O)C(=O)Nc1ccc(-c2ccnc(Nc3ccc(N4CCOCC4)cc3)n2)cc1. The van der Waals surface area contributed by atoms with Crippen LogP contribution in [0.4, 0.5) is 23.0 Å². The number of anilines is 4. The Kier molecular flexibility index (Phi) is 7.16. The molecule has 172 valence electrons. The summed E-state index contributed by atoms with van der Waals surface area (Å²) in [7, 11) is 0. The zero-order chi connectivity index (χ0) is 23.2. The van der Waals surface area contributed by atoms with Gasteiger partial charge in [-0.2, -0.15) is 0 Å². The minimum atomic E-state index is -1.04. The van der Waals surface area contributed by atoms with Crippen LogP contribution in [-0.4, -0.2) is 53.4 Å². The second-order valence-corrected chi connectivity index (χ2v) is 8.29. The van der Waals surface area contributed by atoms with Gasteiger partial charge in [0.1, 0.15) is 6.10 Å². The van der Waals surface area contributed by atoms with Crippen LogP contribution < -0.4 is 15.5 Å². The Morgan fingerprint density at radius 2 is 1.67 bits per heavy atom. The third kappa shape index (κ3) is 5.85. The zero-order valence-electron chi connectivity index (χ0n) is 18.9. The number of amides is 1. The van der Waals surface area contributed by atoms with E-state index in [4.69, 9.17) is 4.74 Å². The molecule has 1 aliphatic rings. The number of hydrogen-bond donors (Lipinski definition) is 3. The fraction of sp³-hybridized carbons (Fsp3) is 0.320. The molecule has 0 spiro atoms. The first kappa shape index (κ1) is 22.7. The molecule has 8 nitrogen and oxygen atoms in total. The summed E-state index contributed by atoms with van der Waals surface area (Å²) in [6.07, 6.45) is 0.671. The second kappa shape index (κ2) is 10.4. The fourth-order valence-corrected chi connectivity index (χ4v) is 3.53. The first-order valence-corrected chi connectivity index (χ1v) is 11.1. The number of hydrogen-bond acceptors (Lipinski definition) is 7. The lowest BCUT2D eigenvalue weighted by molar-refractivity contribution is -0.125. The Bertz CT molecular complexity index is 1060. The van der Waals surface area contributed by atoms with Gasteiger partial charge in [-0.25, -0.2) is 9.97 Å². The lowest BCUT2D eigenvalue weighted by Gasteiger charge is -2.28. The highest BCUT2D eigenvalue weighted by Crippen LogP contribution is 2.23. The molecule has 1 fully saturated rings. The van der Waals surface area contributed by atoms with E-state index >= 15 is 0 Å². The first-order valence-electron chi connectivity index (χ1n) is 11.1. The quantitative estimate of drug-likeness (QED) is 0.508. The van der Waals surface area contributed by atoms with Gasteiger partial charge in [0.15, 0.2) is 0 Å². The van der Waals surface area contributed by atoms with Crippen LogP contribution in [0.1, 0.15) is 13.8 Å². The average Bonchev–Trinajstić information content (AvgIpc) is 2.85. The minimum absolute atomic E-state index is 0.146. The van der Waals surface area contributed by atoms with Gasteiger partial charge in [0, 0.05) is 41.9 Å². The van der Waals surface area contributed by atoms with Crippen LogP contribution in [0.5, 0.6) is 0 Å². The average molecular weight is 448 g/mol. The molecule has 8 heteroatoms. The highest BCUT2D eigenvalue weighted by atomic mass is 16.5. The van der Waals surface area contributed by atoms with Crippen LogP contribution >= 0.6 is 0 Å². The molecule has 33 heavy (non-hydrogen) atoms. The van der Waals surface area contributed by atoms with E-state index in [9.17, 15) is 9.90 Å². The molecule has 1 aromatic heterocycles. The van der Waals surface area contributed by atoms with Crippen molar-refractivity contribution < 1.29 is 14.6 Å². The Hall–Kier alpha value is -3.49. The summed E-state index contributed by atoms with van der Waals surface area (Å²) in [6.45, 7) is 6.91. The van der Waals surface area contributed by atoms with Crippen LogP contribution in [0.3, 0.4) is 0 Å². The van der Waals surface area contributed by atoms with Crippen molar-refractivity contribution in [2.75, 3.05) is 41.8 Å². The summed E-state index contributed by atoms with van der Waals surface area (Å²) < 4.78 is 5.41. The number of aliphatic hydroxyl groups is 1. The van der Waals surface area contributed by atoms with Crippen molar-refractivity contribution in [1.82, 2.24) is 9.97 Å². The van der Waals surface area contributed by atoms with Gasteiger partial charge < -0.3 is 25.4 Å². The van der Waals surface area contributed by atoms with E-state index < -0.39 is 12.0 Å². The minimum Gasteiger partial charge on any atom is -0.383 e. The monoisotopic (exact) mass is 447 g/mol. The zero-order valence-corrected chi connectivity index (χ0v) is 18.9. The van der Waals surface area contributed by atoms with E-state index in [1.165, 1.54) is 5.69 Å². The lowest BCUT2D eigenvalue weighted by Crippen LogP contribution is -2.36. The van der Waals surface area contributed by atoms with E-state index in [-0.39, 0.29) is 5.92 Å². The number of aliphatic hydroxyl groups excluding tert-OH is 1. The molecule has 1 saturated heterocycles. The maximum absolute atomic E-state index is 12.0. The summed E-state index contributed by atoms with van der Waals surface area (Å²) >= 11 is 0. The number of nitrogens with zero attached hydrogens (tertiary/aromatic N) is 3. The van der Waals surface area contributed by atoms with Crippen molar-refractivity contribution in [2.45, 2.75) is 20.0 Å². The first-order chi connectivity index (χ1) is 16.0. The van der Waals surface area contributed by atoms with Crippen molar-refractivity contribution in [1.29, 1.82) is 0 Å². The van der Waals surface area contributed by atoms with E-state index in [0.717, 1.165) is 43.2 Å². The fourth-order valence-electron chi connectivity index (χ4n) is 3.53. The molecular weight excluding hydrogens is 418 g/mol. The van der Waals surface area contributed by atoms with Gasteiger partial charge in [0.25, 0.3) is 5.91 Å². The summed E-state index contributed by atoms with van der Waals surface area (Å²) in [5.74, 6) is -0.0539. The standard InChI is InChI=1S/C25H29N5O3/c1-17(2)23(31)24(32)27-19-5-3-18(4-6-19)22-11-12-26-25(29-22)28-20-7-9-21(10-8-20)30-13-15-33-16-14-30/h3-12,17,23,31H,13-16H2,1-2H3,(H,27,32)(H,26,28,29)/t23-/m0/s1. The molecule has 0 bridgehead atoms. The predicted octanol–water partition coefficient (Wildman–Crippen LogP) is 3.68. The van der Waals surface area contributed by atoms with Crippen LogP contribution in [0, 0.1) is 5.92 Å². The van der Waals surface area contributed by atoms with Gasteiger partial charge in [-0.3, -0.25) is 4.79 Å². The van der Waals surface area contributed by atoms with Crippen LogP contribution in [0.15, 0.2) is 60.8 Å². The van der Waals surface area contributed by atoms with Gasteiger partial charge in [-0.1, -0.05) is 26.0 Å². The van der Waals surface area contributed by atoms with Crippen molar-refractivity contribution in [3.63, 3.8) is 0 Å². The smallest absolute Gasteiger partial charge is 0.253 e. The third-order valence-corrected chi connectivity index (χ3v) is 5.50. The van der Waals surface area contributed by atoms with Gasteiger partial charge in [0.05, 0.1) is 18.9 Å². The molecular formula is C25H29N5O3. The number of benzene rings is 2. The number of carbonyl (C=O) groups excluding carboxylic acids is 1. The summed E-state index contributed by atoms with van der Waals surface area (Å²) in [5, 5.41) is 15.9. The van der Waals surface area contributed by atoms with E-state index in [1.807, 2.05) is 30.3 Å². The Morgan fingerprint density at radius 1 is 1.00 bits per heavy atom. The predicted molar refractivity (Wildman–Crippen MR) is 130 cm³/mol. The van der Waals surface area contributed by atoms with E-state index in [0.29, 0.717) is 11.6 Å². The largest absolute Gasteiger partial charge is 0.383 e. The Morgan fingerprint density at radius 3 is 2.33 bits per heavy atom. The molecule has 0 radical (unpaired) electrons. The van der Waals surface area contributed by atoms with Crippen LogP contribution in [0.25, 0.3) is 11.3 Å². The van der Waals surface area contributed by atoms with E-state index in [1.54, 1.807) is 32.2 Å². The number of rotatable bonds is 7. The normalized spacial score (nSPS) is 14.7. The molecule has 2 aromatic carbocycles. The number of aromatic nitrogens is 2. The third-order valence-electron chi connectivity index (χ3n) is 5.50. The molecule has 3 aromatic rings. The molecule has 0 saturated carbocycles. The van der Waals surface area contributed by atoms with Crippen molar-refractivity contribution in [3.05, 3.63) is 60.8 Å². The van der Waals surface area contributed by atoms with Crippen molar-refractivity contribution >= 4 is 28.9 Å². The summed E-state index contributed by atoms with van der Waals surface area (Å²) in [6, 6.07) is 17.4. The molecule has 3 N–H and O–H groups in total. The number of carbonyl (C=O) groups is 1. The van der Waals surface area contributed by atoms with Gasteiger partial charge in [0.2, 0.25) is 5.95 Å². The van der Waals surface area contributed by atoms with E-state index in [2.05, 4.69) is 37.6 Å². The van der Waals surface area contributed by atoms with Crippen LogP contribution in [0.2, 0.25) is 0 Å². The van der Waals surface area contributed by atoms with Gasteiger partial charge in [-0.15, -0.1) is 0 Å². The van der Waals surface area contributed by atoms with Crippen molar-refractivity contribution in [2.24, 2.45) is 5.92 Å². The maximum Gasteiger partial charge on any atom is 0.253 e. The Labute approximate surface area is 193 Å². The van der Waals surface area contributed by atoms with Gasteiger partial charge >= 0.3 is 0 Å². The van der Waals surface area contributed by atoms with Crippen LogP contribution in [-0.2, 0) is 9.53 Å². The second-order valence-electron chi connectivity index (χ2n) is 8.29. The molecule has 0 aliphatic carbocycles. The molecule has 2 heterocycles. The maximum atomic E-state index is 12.0. The highest BCUT2D eigenvalue weighted by molar-refractivity contribution is 5.94. The lowest BCUT2D eigenvalue weighted by atomic mass is 10.1. The number of ether oxygens (including phenoxy) is 1. The molecule has 1 aliphatic heterocycles. The summed E-state index contributed by atoms with van der Waals surface area (Å²) in [5.41, 5.74) is 4.36. The summed E-state index contributed by atoms with van der Waals surface area (Å²) in [4.78, 5) is 23.3. The molecule has 1 atom stereocenters. The Balaban J connectivity index is 1.41. The van der Waals surface area contributed by atoms with Crippen molar-refractivity contribution in [3.8, 4) is 11.3 Å². The van der Waals surface area contributed by atoms with Gasteiger partial charge in [-0.05, 0) is 48.4 Å². The highest BCUT2D eigenvalue weighted by Gasteiger charge is 2.18. The molecule has 0 unspecified atom stereocenters. The topological polar surface area (TPSA) is 99.6 Å².